The van der Waals surface area contributed by atoms with Crippen LogP contribution in [0.1, 0.15) is 26.5 Å². The van der Waals surface area contributed by atoms with E-state index in [2.05, 4.69) is 18.8 Å². The predicted octanol–water partition coefficient (Wildman–Crippen LogP) is 2.01. The van der Waals surface area contributed by atoms with Crippen LogP contribution in [0.5, 0.6) is 5.75 Å². The Kier molecular flexibility index (Phi) is 4.56. The van der Waals surface area contributed by atoms with Crippen molar-refractivity contribution in [2.24, 2.45) is 11.7 Å². The first kappa shape index (κ1) is 12.0. The Morgan fingerprint density at radius 3 is 2.53 bits per heavy atom. The van der Waals surface area contributed by atoms with Crippen LogP contribution in [0.4, 0.5) is 0 Å². The Morgan fingerprint density at radius 2 is 2.07 bits per heavy atom. The first-order valence-electron chi connectivity index (χ1n) is 5.41. The van der Waals surface area contributed by atoms with E-state index in [1.54, 1.807) is 6.20 Å². The SMILES string of the molecule is CC(C)COc1ccc(CC(C)N)nc1. The second kappa shape index (κ2) is 5.71. The number of hydrogen-bond donors (Lipinski definition) is 1. The van der Waals surface area contributed by atoms with Crippen LogP contribution in [0.2, 0.25) is 0 Å². The number of aromatic nitrogens is 1. The van der Waals surface area contributed by atoms with Crippen molar-refractivity contribution in [3.8, 4) is 5.75 Å². The van der Waals surface area contributed by atoms with Crippen LogP contribution in [-0.4, -0.2) is 17.6 Å². The Morgan fingerprint density at radius 1 is 1.33 bits per heavy atom. The van der Waals surface area contributed by atoms with Crippen molar-refractivity contribution in [2.75, 3.05) is 6.61 Å². The van der Waals surface area contributed by atoms with Crippen LogP contribution in [0.3, 0.4) is 0 Å². The summed E-state index contributed by atoms with van der Waals surface area (Å²) in [6.45, 7) is 6.95. The van der Waals surface area contributed by atoms with Gasteiger partial charge in [0.25, 0.3) is 0 Å². The Bertz CT molecular complexity index is 280. The summed E-state index contributed by atoms with van der Waals surface area (Å²) in [5.41, 5.74) is 6.71. The van der Waals surface area contributed by atoms with Gasteiger partial charge in [-0.2, -0.15) is 0 Å². The number of hydrogen-bond acceptors (Lipinski definition) is 3. The quantitative estimate of drug-likeness (QED) is 0.805. The molecule has 3 heteroatoms. The molecule has 0 aliphatic rings. The molecule has 0 aromatic carbocycles. The van der Waals surface area contributed by atoms with E-state index in [-0.39, 0.29) is 6.04 Å². The summed E-state index contributed by atoms with van der Waals surface area (Å²) in [4.78, 5) is 4.29. The molecule has 1 unspecified atom stereocenters. The maximum absolute atomic E-state index is 5.69. The lowest BCUT2D eigenvalue weighted by Gasteiger charge is -2.09. The molecule has 1 rings (SSSR count). The zero-order valence-electron chi connectivity index (χ0n) is 9.73. The van der Waals surface area contributed by atoms with E-state index < -0.39 is 0 Å². The molecule has 0 fully saturated rings. The zero-order valence-corrected chi connectivity index (χ0v) is 9.73. The van der Waals surface area contributed by atoms with Crippen molar-refractivity contribution in [1.29, 1.82) is 0 Å². The highest BCUT2D eigenvalue weighted by atomic mass is 16.5. The maximum Gasteiger partial charge on any atom is 0.137 e. The van der Waals surface area contributed by atoms with Crippen LogP contribution in [0.15, 0.2) is 18.3 Å². The van der Waals surface area contributed by atoms with E-state index in [0.29, 0.717) is 5.92 Å². The first-order chi connectivity index (χ1) is 7.08. The van der Waals surface area contributed by atoms with Gasteiger partial charge in [-0.1, -0.05) is 13.8 Å². The lowest BCUT2D eigenvalue weighted by molar-refractivity contribution is 0.270. The largest absolute Gasteiger partial charge is 0.492 e. The van der Waals surface area contributed by atoms with Crippen LogP contribution >= 0.6 is 0 Å². The van der Waals surface area contributed by atoms with Gasteiger partial charge in [0, 0.05) is 18.2 Å². The molecule has 1 aromatic heterocycles. The van der Waals surface area contributed by atoms with Crippen molar-refractivity contribution in [3.63, 3.8) is 0 Å². The molecule has 0 aliphatic carbocycles. The summed E-state index contributed by atoms with van der Waals surface area (Å²) in [6.07, 6.45) is 2.57. The van der Waals surface area contributed by atoms with E-state index in [1.807, 2.05) is 19.1 Å². The molecule has 1 aromatic rings. The molecule has 0 spiro atoms. The van der Waals surface area contributed by atoms with Gasteiger partial charge in [-0.3, -0.25) is 4.98 Å². The summed E-state index contributed by atoms with van der Waals surface area (Å²) in [5, 5.41) is 0. The van der Waals surface area contributed by atoms with E-state index in [1.165, 1.54) is 0 Å². The fourth-order valence-corrected chi connectivity index (χ4v) is 1.21. The number of pyridine rings is 1. The smallest absolute Gasteiger partial charge is 0.137 e. The Hall–Kier alpha value is -1.09. The molecular weight excluding hydrogens is 188 g/mol. The summed E-state index contributed by atoms with van der Waals surface area (Å²) >= 11 is 0. The van der Waals surface area contributed by atoms with Crippen molar-refractivity contribution in [3.05, 3.63) is 24.0 Å². The van der Waals surface area contributed by atoms with Crippen molar-refractivity contribution in [2.45, 2.75) is 33.2 Å². The van der Waals surface area contributed by atoms with Gasteiger partial charge in [-0.05, 0) is 25.0 Å². The standard InChI is InChI=1S/C12H20N2O/c1-9(2)8-15-12-5-4-11(14-7-12)6-10(3)13/h4-5,7,9-10H,6,8,13H2,1-3H3. The van der Waals surface area contributed by atoms with Gasteiger partial charge in [0.1, 0.15) is 5.75 Å². The van der Waals surface area contributed by atoms with E-state index >= 15 is 0 Å². The number of ether oxygens (including phenoxy) is 1. The minimum atomic E-state index is 0.153. The third-order valence-electron chi connectivity index (χ3n) is 1.91. The first-order valence-corrected chi connectivity index (χ1v) is 5.41. The van der Waals surface area contributed by atoms with E-state index in [4.69, 9.17) is 10.5 Å². The van der Waals surface area contributed by atoms with Crippen molar-refractivity contribution in [1.82, 2.24) is 4.98 Å². The Labute approximate surface area is 91.7 Å². The van der Waals surface area contributed by atoms with Crippen LogP contribution in [0.25, 0.3) is 0 Å². The summed E-state index contributed by atoms with van der Waals surface area (Å²) in [7, 11) is 0. The van der Waals surface area contributed by atoms with Crippen molar-refractivity contribution < 1.29 is 4.74 Å². The highest BCUT2D eigenvalue weighted by Crippen LogP contribution is 2.11. The molecule has 0 aliphatic heterocycles. The minimum absolute atomic E-state index is 0.153. The predicted molar refractivity (Wildman–Crippen MR) is 61.9 cm³/mol. The topological polar surface area (TPSA) is 48.1 Å². The van der Waals surface area contributed by atoms with E-state index in [9.17, 15) is 0 Å². The molecule has 84 valence electrons. The number of rotatable bonds is 5. The van der Waals surface area contributed by atoms with Gasteiger partial charge in [0.05, 0.1) is 12.8 Å². The molecule has 2 N–H and O–H groups in total. The maximum atomic E-state index is 5.69. The van der Waals surface area contributed by atoms with E-state index in [0.717, 1.165) is 24.5 Å². The summed E-state index contributed by atoms with van der Waals surface area (Å²) in [6, 6.07) is 4.08. The highest BCUT2D eigenvalue weighted by molar-refractivity contribution is 5.20. The summed E-state index contributed by atoms with van der Waals surface area (Å²) < 4.78 is 5.53. The molecule has 0 amide bonds. The molecule has 15 heavy (non-hydrogen) atoms. The second-order valence-electron chi connectivity index (χ2n) is 4.37. The van der Waals surface area contributed by atoms with Gasteiger partial charge >= 0.3 is 0 Å². The van der Waals surface area contributed by atoms with Gasteiger partial charge in [-0.15, -0.1) is 0 Å². The molecule has 0 radical (unpaired) electrons. The average Bonchev–Trinajstić information content (AvgIpc) is 2.16. The molecule has 0 bridgehead atoms. The van der Waals surface area contributed by atoms with Crippen LogP contribution in [-0.2, 0) is 6.42 Å². The second-order valence-corrected chi connectivity index (χ2v) is 4.37. The number of nitrogens with two attached hydrogens (primary N) is 1. The molecule has 0 saturated carbocycles. The fraction of sp³-hybridized carbons (Fsp3) is 0.583. The Balaban J connectivity index is 2.49. The van der Waals surface area contributed by atoms with Gasteiger partial charge in [0.2, 0.25) is 0 Å². The third kappa shape index (κ3) is 4.79. The van der Waals surface area contributed by atoms with Gasteiger partial charge < -0.3 is 10.5 Å². The monoisotopic (exact) mass is 208 g/mol. The molecule has 1 heterocycles. The van der Waals surface area contributed by atoms with Gasteiger partial charge in [-0.25, -0.2) is 0 Å². The molecular formula is C12H20N2O. The van der Waals surface area contributed by atoms with Crippen LogP contribution < -0.4 is 10.5 Å². The average molecular weight is 208 g/mol. The minimum Gasteiger partial charge on any atom is -0.492 e. The fourth-order valence-electron chi connectivity index (χ4n) is 1.21. The summed E-state index contributed by atoms with van der Waals surface area (Å²) in [5.74, 6) is 1.37. The van der Waals surface area contributed by atoms with Gasteiger partial charge in [0.15, 0.2) is 0 Å². The third-order valence-corrected chi connectivity index (χ3v) is 1.91. The molecule has 3 nitrogen and oxygen atoms in total. The highest BCUT2D eigenvalue weighted by Gasteiger charge is 2.01. The molecule has 1 atom stereocenters. The normalized spacial score (nSPS) is 12.9. The lowest BCUT2D eigenvalue weighted by atomic mass is 10.2. The number of nitrogens with zero attached hydrogens (tertiary/aromatic N) is 1. The van der Waals surface area contributed by atoms with Crippen molar-refractivity contribution >= 4 is 0 Å². The lowest BCUT2D eigenvalue weighted by Crippen LogP contribution is -2.18. The molecule has 0 saturated heterocycles. The van der Waals surface area contributed by atoms with Crippen LogP contribution in [0, 0.1) is 5.92 Å². The zero-order chi connectivity index (χ0) is 11.3.